The van der Waals surface area contributed by atoms with Crippen LogP contribution >= 0.6 is 11.8 Å². The maximum absolute atomic E-state index is 11.4. The third-order valence-corrected chi connectivity index (χ3v) is 3.20. The van der Waals surface area contributed by atoms with Gasteiger partial charge in [0.1, 0.15) is 6.04 Å². The van der Waals surface area contributed by atoms with E-state index in [4.69, 9.17) is 4.74 Å². The Morgan fingerprint density at radius 2 is 2.39 bits per heavy atom. The van der Waals surface area contributed by atoms with Gasteiger partial charge in [0, 0.05) is 11.9 Å². The van der Waals surface area contributed by atoms with E-state index < -0.39 is 6.09 Å². The fraction of sp³-hybridized carbons (Fsp3) is 0.417. The summed E-state index contributed by atoms with van der Waals surface area (Å²) in [5.41, 5.74) is 0.916. The van der Waals surface area contributed by atoms with Gasteiger partial charge in [-0.2, -0.15) is 0 Å². The van der Waals surface area contributed by atoms with Gasteiger partial charge in [-0.1, -0.05) is 17.8 Å². The number of amidine groups is 1. The van der Waals surface area contributed by atoms with E-state index in [0.29, 0.717) is 5.17 Å². The Bertz CT molecular complexity index is 448. The number of aliphatic imine (C=N–C) groups is 1. The van der Waals surface area contributed by atoms with Crippen LogP contribution < -0.4 is 5.32 Å². The molecule has 0 bridgehead atoms. The average Bonchev–Trinajstić information content (AvgIpc) is 2.77. The molecule has 1 aromatic heterocycles. The fourth-order valence-corrected chi connectivity index (χ4v) is 2.42. The van der Waals surface area contributed by atoms with Crippen molar-refractivity contribution in [2.75, 3.05) is 5.75 Å². The number of aromatic nitrogens is 1. The number of rotatable bonds is 2. The lowest BCUT2D eigenvalue weighted by molar-refractivity contribution is 0.121. The molecule has 2 rings (SSSR count). The zero-order valence-electron chi connectivity index (χ0n) is 10.3. The van der Waals surface area contributed by atoms with E-state index in [0.717, 1.165) is 11.4 Å². The lowest BCUT2D eigenvalue weighted by atomic mass is 10.2. The van der Waals surface area contributed by atoms with Crippen molar-refractivity contribution in [2.45, 2.75) is 26.0 Å². The molecule has 1 unspecified atom stereocenters. The van der Waals surface area contributed by atoms with Gasteiger partial charge in [-0.3, -0.25) is 15.3 Å². The Morgan fingerprint density at radius 3 is 3.06 bits per heavy atom. The van der Waals surface area contributed by atoms with Crippen LogP contribution in [0.5, 0.6) is 0 Å². The van der Waals surface area contributed by atoms with E-state index in [9.17, 15) is 4.79 Å². The summed E-state index contributed by atoms with van der Waals surface area (Å²) in [5, 5.41) is 3.23. The second-order valence-corrected chi connectivity index (χ2v) is 5.10. The second kappa shape index (κ2) is 5.86. The molecule has 0 aliphatic carbocycles. The van der Waals surface area contributed by atoms with Gasteiger partial charge in [-0.25, -0.2) is 4.79 Å². The highest BCUT2D eigenvalue weighted by Crippen LogP contribution is 2.28. The largest absolute Gasteiger partial charge is 0.447 e. The molecule has 0 aromatic carbocycles. The van der Waals surface area contributed by atoms with E-state index in [2.05, 4.69) is 15.3 Å². The maximum atomic E-state index is 11.4. The fourth-order valence-electron chi connectivity index (χ4n) is 1.50. The quantitative estimate of drug-likeness (QED) is 0.891. The number of hydrogen-bond donors (Lipinski definition) is 1. The zero-order chi connectivity index (χ0) is 13.0. The summed E-state index contributed by atoms with van der Waals surface area (Å²) >= 11 is 1.50. The number of nitrogens with one attached hydrogen (secondary N) is 1. The number of amides is 1. The van der Waals surface area contributed by atoms with E-state index in [-0.39, 0.29) is 12.1 Å². The Labute approximate surface area is 110 Å². The molecule has 0 radical (unpaired) electrons. The molecule has 2 heterocycles. The molecule has 1 aromatic rings. The predicted octanol–water partition coefficient (Wildman–Crippen LogP) is 2.36. The topological polar surface area (TPSA) is 63.6 Å². The number of carbonyl (C=O) groups excluding carboxylic acids is 1. The van der Waals surface area contributed by atoms with Gasteiger partial charge in [0.2, 0.25) is 0 Å². The van der Waals surface area contributed by atoms with Crippen LogP contribution in [-0.4, -0.2) is 28.1 Å². The molecule has 1 aliphatic rings. The number of carbonyl (C=O) groups is 1. The van der Waals surface area contributed by atoms with Crippen LogP contribution in [0.4, 0.5) is 4.79 Å². The molecule has 18 heavy (non-hydrogen) atoms. The average molecular weight is 265 g/mol. The third-order valence-electron chi connectivity index (χ3n) is 2.23. The molecule has 1 amide bonds. The molecule has 0 spiro atoms. The van der Waals surface area contributed by atoms with Crippen molar-refractivity contribution in [1.82, 2.24) is 10.3 Å². The summed E-state index contributed by atoms with van der Waals surface area (Å²) in [6.07, 6.45) is 1.15. The van der Waals surface area contributed by atoms with E-state index in [1.807, 2.05) is 18.2 Å². The highest BCUT2D eigenvalue weighted by Gasteiger charge is 2.22. The summed E-state index contributed by atoms with van der Waals surface area (Å²) < 4.78 is 4.99. The summed E-state index contributed by atoms with van der Waals surface area (Å²) in [6.45, 7) is 3.61. The molecule has 1 aliphatic heterocycles. The van der Waals surface area contributed by atoms with E-state index in [1.165, 1.54) is 11.8 Å². The van der Waals surface area contributed by atoms with Crippen LogP contribution in [-0.2, 0) is 4.74 Å². The van der Waals surface area contributed by atoms with Crippen molar-refractivity contribution >= 4 is 23.0 Å². The molecular weight excluding hydrogens is 250 g/mol. The molecule has 0 fully saturated rings. The van der Waals surface area contributed by atoms with Crippen molar-refractivity contribution in [3.63, 3.8) is 0 Å². The van der Waals surface area contributed by atoms with Gasteiger partial charge < -0.3 is 4.74 Å². The molecule has 0 saturated heterocycles. The Kier molecular flexibility index (Phi) is 4.19. The monoisotopic (exact) mass is 265 g/mol. The molecule has 5 nitrogen and oxygen atoms in total. The second-order valence-electron chi connectivity index (χ2n) is 4.09. The lowest BCUT2D eigenvalue weighted by Gasteiger charge is -2.08. The van der Waals surface area contributed by atoms with Crippen LogP contribution in [0.15, 0.2) is 29.4 Å². The van der Waals surface area contributed by atoms with E-state index in [1.54, 1.807) is 20.0 Å². The Morgan fingerprint density at radius 1 is 1.56 bits per heavy atom. The Balaban J connectivity index is 1.95. The van der Waals surface area contributed by atoms with Crippen molar-refractivity contribution in [2.24, 2.45) is 4.99 Å². The number of ether oxygens (including phenoxy) is 1. The minimum absolute atomic E-state index is 0.00514. The van der Waals surface area contributed by atoms with Gasteiger partial charge in [0.15, 0.2) is 5.17 Å². The SMILES string of the molecule is CC(C)OC(=O)NC1=NC(c2ccccn2)CS1. The summed E-state index contributed by atoms with van der Waals surface area (Å²) in [6, 6.07) is 5.74. The molecule has 0 saturated carbocycles. The summed E-state index contributed by atoms with van der Waals surface area (Å²) in [4.78, 5) is 20.1. The molecule has 1 atom stereocenters. The highest BCUT2D eigenvalue weighted by molar-refractivity contribution is 8.14. The first-order valence-electron chi connectivity index (χ1n) is 5.74. The zero-order valence-corrected chi connectivity index (χ0v) is 11.1. The first kappa shape index (κ1) is 12.9. The van der Waals surface area contributed by atoms with Gasteiger partial charge >= 0.3 is 6.09 Å². The molecular formula is C12H15N3O2S. The summed E-state index contributed by atoms with van der Waals surface area (Å²) in [7, 11) is 0. The molecule has 96 valence electrons. The van der Waals surface area contributed by atoms with Gasteiger partial charge in [-0.15, -0.1) is 0 Å². The smallest absolute Gasteiger partial charge is 0.413 e. The van der Waals surface area contributed by atoms with Gasteiger partial charge in [-0.05, 0) is 26.0 Å². The van der Waals surface area contributed by atoms with Crippen LogP contribution in [0.3, 0.4) is 0 Å². The van der Waals surface area contributed by atoms with Crippen LogP contribution in [0.2, 0.25) is 0 Å². The number of nitrogens with zero attached hydrogens (tertiary/aromatic N) is 2. The van der Waals surface area contributed by atoms with Crippen molar-refractivity contribution in [3.8, 4) is 0 Å². The molecule has 6 heteroatoms. The van der Waals surface area contributed by atoms with Gasteiger partial charge in [0.25, 0.3) is 0 Å². The lowest BCUT2D eigenvalue weighted by Crippen LogP contribution is -2.30. The minimum atomic E-state index is -0.460. The number of thioether (sulfide) groups is 1. The van der Waals surface area contributed by atoms with Crippen molar-refractivity contribution in [1.29, 1.82) is 0 Å². The maximum Gasteiger partial charge on any atom is 0.413 e. The van der Waals surface area contributed by atoms with E-state index >= 15 is 0 Å². The van der Waals surface area contributed by atoms with Gasteiger partial charge in [0.05, 0.1) is 11.8 Å². The third kappa shape index (κ3) is 3.46. The number of pyridine rings is 1. The highest BCUT2D eigenvalue weighted by atomic mass is 32.2. The first-order valence-corrected chi connectivity index (χ1v) is 6.73. The normalized spacial score (nSPS) is 18.6. The summed E-state index contributed by atoms with van der Waals surface area (Å²) in [5.74, 6) is 0.786. The van der Waals surface area contributed by atoms with Crippen molar-refractivity contribution < 1.29 is 9.53 Å². The van der Waals surface area contributed by atoms with Crippen LogP contribution in [0, 0.1) is 0 Å². The standard InChI is InChI=1S/C12H15N3O2S/c1-8(2)17-12(16)15-11-14-10(7-18-11)9-5-3-4-6-13-9/h3-6,8,10H,7H2,1-2H3,(H,14,15,16). The van der Waals surface area contributed by atoms with Crippen LogP contribution in [0.1, 0.15) is 25.6 Å². The van der Waals surface area contributed by atoms with Crippen molar-refractivity contribution in [3.05, 3.63) is 30.1 Å². The Hall–Kier alpha value is -1.56. The predicted molar refractivity (Wildman–Crippen MR) is 71.6 cm³/mol. The first-order chi connectivity index (χ1) is 8.65. The minimum Gasteiger partial charge on any atom is -0.447 e. The number of hydrogen-bond acceptors (Lipinski definition) is 5. The number of alkyl carbamates (subject to hydrolysis) is 1. The van der Waals surface area contributed by atoms with Crippen LogP contribution in [0.25, 0.3) is 0 Å². The molecule has 1 N–H and O–H groups in total.